The summed E-state index contributed by atoms with van der Waals surface area (Å²) in [6, 6.07) is 13.8. The van der Waals surface area contributed by atoms with Gasteiger partial charge in [0, 0.05) is 6.04 Å². The van der Waals surface area contributed by atoms with Crippen LogP contribution in [-0.2, 0) is 19.3 Å². The summed E-state index contributed by atoms with van der Waals surface area (Å²) >= 11 is 0. The first-order valence-corrected chi connectivity index (χ1v) is 7.71. The molecule has 1 atom stereocenters. The van der Waals surface area contributed by atoms with Crippen LogP contribution >= 0.6 is 0 Å². The molecule has 0 aliphatic carbocycles. The lowest BCUT2D eigenvalue weighted by molar-refractivity contribution is 0.583. The van der Waals surface area contributed by atoms with Gasteiger partial charge in [0.05, 0.1) is 0 Å². The van der Waals surface area contributed by atoms with E-state index in [1.807, 2.05) is 13.1 Å². The molecule has 0 amide bonds. The second-order valence-electron chi connectivity index (χ2n) is 5.41. The monoisotopic (exact) mass is 285 g/mol. The van der Waals surface area contributed by atoms with Crippen LogP contribution in [0.2, 0.25) is 0 Å². The van der Waals surface area contributed by atoms with Gasteiger partial charge in [0.15, 0.2) is 0 Å². The third-order valence-electron chi connectivity index (χ3n) is 4.07. The summed E-state index contributed by atoms with van der Waals surface area (Å²) in [4.78, 5) is 0. The average Bonchev–Trinajstić information content (AvgIpc) is 2.52. The third-order valence-corrected chi connectivity index (χ3v) is 4.07. The molecule has 2 heteroatoms. The highest BCUT2D eigenvalue weighted by Gasteiger charge is 2.12. The van der Waals surface area contributed by atoms with Gasteiger partial charge in [0.2, 0.25) is 0 Å². The second-order valence-corrected chi connectivity index (χ2v) is 5.41. The Kier molecular flexibility index (Phi) is 5.51. The van der Waals surface area contributed by atoms with Gasteiger partial charge in [-0.05, 0) is 60.7 Å². The Hall–Kier alpha value is -1.67. The molecule has 1 nitrogen and oxygen atoms in total. The highest BCUT2D eigenvalue weighted by molar-refractivity contribution is 5.34. The van der Waals surface area contributed by atoms with Crippen LogP contribution in [0.5, 0.6) is 0 Å². The lowest BCUT2D eigenvalue weighted by Gasteiger charge is -2.19. The number of rotatable bonds is 6. The molecular weight excluding hydrogens is 261 g/mol. The van der Waals surface area contributed by atoms with Gasteiger partial charge in [0.25, 0.3) is 0 Å². The molecule has 0 aromatic heterocycles. The van der Waals surface area contributed by atoms with Crippen molar-refractivity contribution in [3.05, 3.63) is 70.5 Å². The molecule has 0 heterocycles. The van der Waals surface area contributed by atoms with Crippen molar-refractivity contribution in [1.82, 2.24) is 5.32 Å². The molecule has 0 spiro atoms. The fourth-order valence-corrected chi connectivity index (χ4v) is 2.82. The Bertz CT molecular complexity index is 592. The van der Waals surface area contributed by atoms with Gasteiger partial charge in [-0.25, -0.2) is 4.39 Å². The molecule has 2 rings (SSSR count). The van der Waals surface area contributed by atoms with Crippen LogP contribution < -0.4 is 5.32 Å². The van der Waals surface area contributed by atoms with Crippen molar-refractivity contribution < 1.29 is 4.39 Å². The van der Waals surface area contributed by atoms with Crippen LogP contribution in [0.25, 0.3) is 0 Å². The van der Waals surface area contributed by atoms with E-state index >= 15 is 0 Å². The fraction of sp³-hybridized carbons (Fsp3) is 0.368. The second kappa shape index (κ2) is 7.37. The van der Waals surface area contributed by atoms with Crippen molar-refractivity contribution in [2.75, 3.05) is 7.05 Å². The molecule has 0 aliphatic rings. The maximum Gasteiger partial charge on any atom is 0.123 e. The lowest BCUT2D eigenvalue weighted by atomic mass is 9.93. The Balaban J connectivity index is 2.25. The van der Waals surface area contributed by atoms with Crippen molar-refractivity contribution in [3.63, 3.8) is 0 Å². The molecule has 1 N–H and O–H groups in total. The summed E-state index contributed by atoms with van der Waals surface area (Å²) in [5, 5.41) is 3.35. The Morgan fingerprint density at radius 2 is 1.76 bits per heavy atom. The van der Waals surface area contributed by atoms with Gasteiger partial charge in [-0.3, -0.25) is 0 Å². The van der Waals surface area contributed by atoms with Gasteiger partial charge in [-0.1, -0.05) is 44.2 Å². The van der Waals surface area contributed by atoms with Crippen LogP contribution in [0.15, 0.2) is 42.5 Å². The van der Waals surface area contributed by atoms with Crippen LogP contribution in [0, 0.1) is 5.82 Å². The molecule has 0 saturated heterocycles. The standard InChI is InChI=1S/C19H24FN/c1-4-15-9-10-17(13-16(15)5-2)19(21-3)12-14-7-6-8-18(20)11-14/h6-11,13,19,21H,4-5,12H2,1-3H3. The molecule has 1 unspecified atom stereocenters. The summed E-state index contributed by atoms with van der Waals surface area (Å²) in [7, 11) is 1.96. The third kappa shape index (κ3) is 3.92. The molecule has 21 heavy (non-hydrogen) atoms. The number of halogens is 1. The van der Waals surface area contributed by atoms with Gasteiger partial charge in [0.1, 0.15) is 5.82 Å². The van der Waals surface area contributed by atoms with E-state index in [0.29, 0.717) is 0 Å². The first-order valence-electron chi connectivity index (χ1n) is 7.71. The molecule has 0 fully saturated rings. The van der Waals surface area contributed by atoms with Crippen molar-refractivity contribution in [3.8, 4) is 0 Å². The summed E-state index contributed by atoms with van der Waals surface area (Å²) in [5.41, 5.74) is 5.12. The van der Waals surface area contributed by atoms with Gasteiger partial charge < -0.3 is 5.32 Å². The van der Waals surface area contributed by atoms with Gasteiger partial charge in [-0.2, -0.15) is 0 Å². The van der Waals surface area contributed by atoms with E-state index in [0.717, 1.165) is 24.8 Å². The molecule has 112 valence electrons. The predicted molar refractivity (Wildman–Crippen MR) is 87.1 cm³/mol. The quantitative estimate of drug-likeness (QED) is 0.826. The summed E-state index contributed by atoms with van der Waals surface area (Å²) in [6.07, 6.45) is 2.91. The fourth-order valence-electron chi connectivity index (χ4n) is 2.82. The van der Waals surface area contributed by atoms with Crippen molar-refractivity contribution in [2.24, 2.45) is 0 Å². The predicted octanol–water partition coefficient (Wildman–Crippen LogP) is 4.45. The molecule has 2 aromatic rings. The topological polar surface area (TPSA) is 12.0 Å². The molecule has 0 radical (unpaired) electrons. The summed E-state index contributed by atoms with van der Waals surface area (Å²) < 4.78 is 13.3. The van der Waals surface area contributed by atoms with E-state index in [2.05, 4.69) is 37.4 Å². The van der Waals surface area contributed by atoms with Gasteiger partial charge in [-0.15, -0.1) is 0 Å². The number of aryl methyl sites for hydroxylation is 2. The highest BCUT2D eigenvalue weighted by atomic mass is 19.1. The molecular formula is C19H24FN. The van der Waals surface area contributed by atoms with E-state index in [-0.39, 0.29) is 11.9 Å². The minimum absolute atomic E-state index is 0.169. The van der Waals surface area contributed by atoms with Crippen molar-refractivity contribution in [2.45, 2.75) is 39.2 Å². The van der Waals surface area contributed by atoms with Crippen LogP contribution in [0.1, 0.15) is 42.1 Å². The first-order chi connectivity index (χ1) is 10.2. The maximum atomic E-state index is 13.3. The van der Waals surface area contributed by atoms with E-state index in [1.165, 1.54) is 22.8 Å². The van der Waals surface area contributed by atoms with Crippen molar-refractivity contribution in [1.29, 1.82) is 0 Å². The zero-order valence-electron chi connectivity index (χ0n) is 13.1. The number of benzene rings is 2. The number of nitrogens with one attached hydrogen (secondary N) is 1. The van der Waals surface area contributed by atoms with Crippen LogP contribution in [-0.4, -0.2) is 7.05 Å². The van der Waals surface area contributed by atoms with Crippen LogP contribution in [0.3, 0.4) is 0 Å². The molecule has 0 saturated carbocycles. The smallest absolute Gasteiger partial charge is 0.123 e. The SMILES string of the molecule is CCc1ccc(C(Cc2cccc(F)c2)NC)cc1CC. The largest absolute Gasteiger partial charge is 0.313 e. The van der Waals surface area contributed by atoms with E-state index in [1.54, 1.807) is 12.1 Å². The number of hydrogen-bond donors (Lipinski definition) is 1. The van der Waals surface area contributed by atoms with E-state index in [4.69, 9.17) is 0 Å². The zero-order valence-corrected chi connectivity index (χ0v) is 13.1. The molecule has 2 aromatic carbocycles. The summed E-state index contributed by atoms with van der Waals surface area (Å²) in [6.45, 7) is 4.38. The minimum Gasteiger partial charge on any atom is -0.313 e. The average molecular weight is 285 g/mol. The first kappa shape index (κ1) is 15.7. The number of likely N-dealkylation sites (N-methyl/N-ethyl adjacent to an activating group) is 1. The molecule has 0 bridgehead atoms. The Morgan fingerprint density at radius 3 is 2.38 bits per heavy atom. The van der Waals surface area contributed by atoms with Crippen molar-refractivity contribution >= 4 is 0 Å². The number of hydrogen-bond acceptors (Lipinski definition) is 1. The Labute approximate surface area is 127 Å². The minimum atomic E-state index is -0.169. The lowest BCUT2D eigenvalue weighted by Crippen LogP contribution is -2.19. The van der Waals surface area contributed by atoms with Crippen LogP contribution in [0.4, 0.5) is 4.39 Å². The highest BCUT2D eigenvalue weighted by Crippen LogP contribution is 2.22. The maximum absolute atomic E-state index is 13.3. The normalized spacial score (nSPS) is 12.4. The van der Waals surface area contributed by atoms with E-state index in [9.17, 15) is 4.39 Å². The van der Waals surface area contributed by atoms with E-state index < -0.39 is 0 Å². The summed E-state index contributed by atoms with van der Waals surface area (Å²) in [5.74, 6) is -0.169. The van der Waals surface area contributed by atoms with Gasteiger partial charge >= 0.3 is 0 Å². The molecule has 0 aliphatic heterocycles. The zero-order chi connectivity index (χ0) is 15.2. The Morgan fingerprint density at radius 1 is 1.00 bits per heavy atom.